The van der Waals surface area contributed by atoms with Crippen LogP contribution in [0.3, 0.4) is 0 Å². The number of benzene rings is 3. The number of nitrogens with one attached hydrogen (secondary N) is 1. The minimum absolute atomic E-state index is 0.0245. The second kappa shape index (κ2) is 14.4. The van der Waals surface area contributed by atoms with Crippen molar-refractivity contribution in [3.05, 3.63) is 88.4 Å². The summed E-state index contributed by atoms with van der Waals surface area (Å²) in [6, 6.07) is 18.3. The summed E-state index contributed by atoms with van der Waals surface area (Å²) in [6.07, 6.45) is 1.69. The van der Waals surface area contributed by atoms with E-state index in [1.54, 1.807) is 49.4 Å². The maximum absolute atomic E-state index is 14.0. The van der Waals surface area contributed by atoms with Crippen molar-refractivity contribution in [2.24, 2.45) is 0 Å². The van der Waals surface area contributed by atoms with E-state index in [2.05, 4.69) is 5.32 Å². The van der Waals surface area contributed by atoms with Crippen molar-refractivity contribution in [2.45, 2.75) is 44.2 Å². The highest BCUT2D eigenvalue weighted by Gasteiger charge is 2.33. The third kappa shape index (κ3) is 7.90. The number of anilines is 1. The molecule has 0 heterocycles. The summed E-state index contributed by atoms with van der Waals surface area (Å²) in [4.78, 5) is 28.3. The van der Waals surface area contributed by atoms with E-state index in [4.69, 9.17) is 27.9 Å². The summed E-state index contributed by atoms with van der Waals surface area (Å²) in [7, 11) is -2.71. The van der Waals surface area contributed by atoms with E-state index in [9.17, 15) is 18.0 Å². The molecule has 1 atom stereocenters. The Kier molecular flexibility index (Phi) is 11.2. The van der Waals surface area contributed by atoms with Crippen molar-refractivity contribution >= 4 is 50.7 Å². The number of hydrogen-bond acceptors (Lipinski definition) is 5. The normalized spacial score (nSPS) is 11.9. The van der Waals surface area contributed by atoms with Crippen LogP contribution in [0.2, 0.25) is 10.0 Å². The molecule has 8 nitrogen and oxygen atoms in total. The molecule has 3 rings (SSSR count). The van der Waals surface area contributed by atoms with Crippen molar-refractivity contribution in [2.75, 3.05) is 24.5 Å². The van der Waals surface area contributed by atoms with Gasteiger partial charge in [-0.25, -0.2) is 8.42 Å². The van der Waals surface area contributed by atoms with Crippen LogP contribution >= 0.6 is 23.2 Å². The van der Waals surface area contributed by atoms with E-state index in [0.29, 0.717) is 17.9 Å². The Morgan fingerprint density at radius 3 is 2.40 bits per heavy atom. The summed E-state index contributed by atoms with van der Waals surface area (Å²) in [5.41, 5.74) is 0.756. The summed E-state index contributed by atoms with van der Waals surface area (Å²) >= 11 is 12.6. The van der Waals surface area contributed by atoms with Gasteiger partial charge in [-0.05, 0) is 61.4 Å². The zero-order valence-electron chi connectivity index (χ0n) is 22.6. The molecule has 0 radical (unpaired) electrons. The summed E-state index contributed by atoms with van der Waals surface area (Å²) in [5.74, 6) is -0.358. The van der Waals surface area contributed by atoms with Gasteiger partial charge >= 0.3 is 0 Å². The van der Waals surface area contributed by atoms with Crippen LogP contribution in [0.4, 0.5) is 5.69 Å². The Labute approximate surface area is 245 Å². The van der Waals surface area contributed by atoms with Gasteiger partial charge in [0.05, 0.1) is 22.7 Å². The van der Waals surface area contributed by atoms with Crippen molar-refractivity contribution in [1.82, 2.24) is 10.2 Å². The number of carbonyl (C=O) groups excluding carboxylic acids is 2. The van der Waals surface area contributed by atoms with Crippen molar-refractivity contribution in [3.63, 3.8) is 0 Å². The molecule has 0 spiro atoms. The lowest BCUT2D eigenvalue weighted by Gasteiger charge is -2.32. The Morgan fingerprint density at radius 1 is 1.00 bits per heavy atom. The average Bonchev–Trinajstić information content (AvgIpc) is 2.96. The zero-order chi connectivity index (χ0) is 29.3. The standard InChI is InChI=1S/C29H33Cl2N3O5S/c1-4-5-16-32-29(36)21(2)33(19-22-10-9-11-24(17-22)39-3)28(35)20-34(27-18-23(30)14-15-26(27)31)40(37,38)25-12-7-6-8-13-25/h6-15,17-18,21H,4-5,16,19-20H2,1-3H3,(H,32,36)/t21-/m0/s1. The number of unbranched alkanes of at least 4 members (excludes halogenated alkanes) is 1. The second-order valence-corrected chi connectivity index (χ2v) is 11.8. The molecule has 40 heavy (non-hydrogen) atoms. The fourth-order valence-corrected chi connectivity index (χ4v) is 5.88. The first-order valence-electron chi connectivity index (χ1n) is 12.8. The summed E-state index contributed by atoms with van der Waals surface area (Å²) < 4.78 is 33.9. The smallest absolute Gasteiger partial charge is 0.264 e. The van der Waals surface area contributed by atoms with Gasteiger partial charge in [-0.2, -0.15) is 0 Å². The largest absolute Gasteiger partial charge is 0.497 e. The predicted octanol–water partition coefficient (Wildman–Crippen LogP) is 5.53. The third-order valence-electron chi connectivity index (χ3n) is 6.27. The minimum atomic E-state index is -4.25. The number of ether oxygens (including phenoxy) is 1. The molecule has 0 unspecified atom stereocenters. The lowest BCUT2D eigenvalue weighted by molar-refractivity contribution is -0.139. The molecule has 0 aliphatic heterocycles. The molecule has 11 heteroatoms. The van der Waals surface area contributed by atoms with Crippen LogP contribution in [-0.2, 0) is 26.2 Å². The fourth-order valence-electron chi connectivity index (χ4n) is 4.00. The minimum Gasteiger partial charge on any atom is -0.497 e. The first-order chi connectivity index (χ1) is 19.1. The fraction of sp³-hybridized carbons (Fsp3) is 0.310. The van der Waals surface area contributed by atoms with Crippen LogP contribution in [0.15, 0.2) is 77.7 Å². The topological polar surface area (TPSA) is 96.0 Å². The van der Waals surface area contributed by atoms with E-state index in [-0.39, 0.29) is 33.1 Å². The SMILES string of the molecule is CCCCNC(=O)[C@H](C)N(Cc1cccc(OC)c1)C(=O)CN(c1cc(Cl)ccc1Cl)S(=O)(=O)c1ccccc1. The average molecular weight is 607 g/mol. The molecule has 0 fully saturated rings. The van der Waals surface area contributed by atoms with Gasteiger partial charge in [0.1, 0.15) is 18.3 Å². The molecule has 3 aromatic carbocycles. The summed E-state index contributed by atoms with van der Waals surface area (Å²) in [6.45, 7) is 3.51. The van der Waals surface area contributed by atoms with E-state index < -0.39 is 28.5 Å². The van der Waals surface area contributed by atoms with Crippen LogP contribution in [0.5, 0.6) is 5.75 Å². The maximum atomic E-state index is 14.0. The highest BCUT2D eigenvalue weighted by Crippen LogP contribution is 2.33. The predicted molar refractivity (Wildman–Crippen MR) is 158 cm³/mol. The first-order valence-corrected chi connectivity index (χ1v) is 15.0. The van der Waals surface area contributed by atoms with Crippen LogP contribution in [0.25, 0.3) is 0 Å². The number of nitrogens with zero attached hydrogens (tertiary/aromatic N) is 2. The van der Waals surface area contributed by atoms with Crippen molar-refractivity contribution in [3.8, 4) is 5.75 Å². The lowest BCUT2D eigenvalue weighted by Crippen LogP contribution is -2.51. The molecule has 214 valence electrons. The number of carbonyl (C=O) groups is 2. The van der Waals surface area contributed by atoms with E-state index in [0.717, 1.165) is 17.1 Å². The first kappa shape index (κ1) is 31.3. The Balaban J connectivity index is 2.04. The Morgan fingerprint density at radius 2 is 1.73 bits per heavy atom. The third-order valence-corrected chi connectivity index (χ3v) is 8.60. The van der Waals surface area contributed by atoms with Crippen LogP contribution in [0, 0.1) is 0 Å². The molecule has 0 saturated carbocycles. The van der Waals surface area contributed by atoms with Crippen LogP contribution < -0.4 is 14.4 Å². The van der Waals surface area contributed by atoms with Gasteiger partial charge in [-0.15, -0.1) is 0 Å². The lowest BCUT2D eigenvalue weighted by atomic mass is 10.1. The quantitative estimate of drug-likeness (QED) is 0.258. The van der Waals surface area contributed by atoms with Gasteiger partial charge in [-0.1, -0.05) is 66.9 Å². The molecular weight excluding hydrogens is 573 g/mol. The molecule has 0 saturated heterocycles. The van der Waals surface area contributed by atoms with E-state index >= 15 is 0 Å². The van der Waals surface area contributed by atoms with Gasteiger partial charge in [0.15, 0.2) is 0 Å². The number of sulfonamides is 1. The molecule has 3 aromatic rings. The Hall–Kier alpha value is -3.27. The highest BCUT2D eigenvalue weighted by atomic mass is 35.5. The molecule has 0 aromatic heterocycles. The van der Waals surface area contributed by atoms with E-state index in [1.165, 1.54) is 42.3 Å². The van der Waals surface area contributed by atoms with Gasteiger partial charge in [0, 0.05) is 18.1 Å². The number of amides is 2. The zero-order valence-corrected chi connectivity index (χ0v) is 25.0. The number of halogens is 2. The number of rotatable bonds is 13. The van der Waals surface area contributed by atoms with E-state index in [1.807, 2.05) is 6.92 Å². The van der Waals surface area contributed by atoms with Gasteiger partial charge in [0.2, 0.25) is 11.8 Å². The van der Waals surface area contributed by atoms with Crippen molar-refractivity contribution in [1.29, 1.82) is 0 Å². The molecular formula is C29H33Cl2N3O5S. The van der Waals surface area contributed by atoms with Gasteiger partial charge in [-0.3, -0.25) is 13.9 Å². The summed E-state index contributed by atoms with van der Waals surface area (Å²) in [5, 5.41) is 3.20. The monoisotopic (exact) mass is 605 g/mol. The molecule has 2 amide bonds. The number of methoxy groups -OCH3 is 1. The highest BCUT2D eigenvalue weighted by molar-refractivity contribution is 7.92. The van der Waals surface area contributed by atoms with Crippen molar-refractivity contribution < 1.29 is 22.7 Å². The molecule has 0 bridgehead atoms. The van der Waals surface area contributed by atoms with Crippen LogP contribution in [0.1, 0.15) is 32.3 Å². The van der Waals surface area contributed by atoms with Crippen LogP contribution in [-0.4, -0.2) is 51.4 Å². The molecule has 0 aliphatic rings. The number of hydrogen-bond donors (Lipinski definition) is 1. The van der Waals surface area contributed by atoms with Gasteiger partial charge in [0.25, 0.3) is 10.0 Å². The molecule has 0 aliphatic carbocycles. The molecule has 1 N–H and O–H groups in total. The second-order valence-electron chi connectivity index (χ2n) is 9.11. The van der Waals surface area contributed by atoms with Gasteiger partial charge < -0.3 is 15.0 Å². The maximum Gasteiger partial charge on any atom is 0.264 e. The Bertz CT molecular complexity index is 1420.